The van der Waals surface area contributed by atoms with Crippen molar-refractivity contribution in [3.63, 3.8) is 0 Å². The summed E-state index contributed by atoms with van der Waals surface area (Å²) in [6.45, 7) is 2.08. The minimum atomic E-state index is -0.456. The van der Waals surface area contributed by atoms with E-state index >= 15 is 0 Å². The van der Waals surface area contributed by atoms with Gasteiger partial charge in [-0.3, -0.25) is 9.69 Å². The topological polar surface area (TPSA) is 65.8 Å². The molecule has 0 radical (unpaired) electrons. The van der Waals surface area contributed by atoms with Crippen LogP contribution in [0.5, 0.6) is 11.5 Å². The van der Waals surface area contributed by atoms with Gasteiger partial charge in [-0.1, -0.05) is 24.3 Å². The van der Waals surface area contributed by atoms with Crippen LogP contribution in [0.1, 0.15) is 11.6 Å². The number of ether oxygens (including phenoxy) is 2. The van der Waals surface area contributed by atoms with E-state index in [9.17, 15) is 14.4 Å². The van der Waals surface area contributed by atoms with Crippen molar-refractivity contribution >= 4 is 5.91 Å². The Balaban J connectivity index is 1.53. The zero-order valence-corrected chi connectivity index (χ0v) is 15.7. The lowest BCUT2D eigenvalue weighted by Crippen LogP contribution is -2.50. The number of nitrogens with zero attached hydrogens (tertiary/aromatic N) is 3. The van der Waals surface area contributed by atoms with Gasteiger partial charge in [0.25, 0.3) is 5.91 Å². The van der Waals surface area contributed by atoms with Crippen LogP contribution in [0.4, 0.5) is 4.39 Å². The zero-order chi connectivity index (χ0) is 19.9. The van der Waals surface area contributed by atoms with Crippen LogP contribution in [0.25, 0.3) is 0 Å². The van der Waals surface area contributed by atoms with Crippen LogP contribution in [0, 0.1) is 17.1 Å². The summed E-state index contributed by atoms with van der Waals surface area (Å²) >= 11 is 0. The summed E-state index contributed by atoms with van der Waals surface area (Å²) in [7, 11) is 1.55. The molecule has 1 aliphatic heterocycles. The van der Waals surface area contributed by atoms with Gasteiger partial charge in [0.15, 0.2) is 18.1 Å². The maximum Gasteiger partial charge on any atom is 0.260 e. The van der Waals surface area contributed by atoms with E-state index < -0.39 is 6.04 Å². The van der Waals surface area contributed by atoms with Crippen molar-refractivity contribution in [1.82, 2.24) is 9.80 Å². The van der Waals surface area contributed by atoms with Gasteiger partial charge in [-0.2, -0.15) is 5.26 Å². The third-order valence-electron chi connectivity index (χ3n) is 4.76. The lowest BCUT2D eigenvalue weighted by molar-refractivity contribution is -0.135. The smallest absolute Gasteiger partial charge is 0.260 e. The molecule has 7 heteroatoms. The van der Waals surface area contributed by atoms with Gasteiger partial charge in [-0.25, -0.2) is 4.39 Å². The summed E-state index contributed by atoms with van der Waals surface area (Å²) in [6, 6.07) is 15.0. The average molecular weight is 383 g/mol. The maximum atomic E-state index is 13.1. The molecule has 146 valence electrons. The van der Waals surface area contributed by atoms with Gasteiger partial charge in [0.2, 0.25) is 0 Å². The SMILES string of the molecule is COc1ccccc1OCC(=O)N1CCN(C(C#N)c2ccc(F)cc2)CC1. The molecular formula is C21H22FN3O3. The molecular weight excluding hydrogens is 361 g/mol. The summed E-state index contributed by atoms with van der Waals surface area (Å²) in [6.07, 6.45) is 0. The third kappa shape index (κ3) is 4.59. The molecule has 0 aromatic heterocycles. The van der Waals surface area contributed by atoms with Crippen LogP contribution < -0.4 is 9.47 Å². The third-order valence-corrected chi connectivity index (χ3v) is 4.76. The molecule has 0 N–H and O–H groups in total. The van der Waals surface area contributed by atoms with Gasteiger partial charge >= 0.3 is 0 Å². The van der Waals surface area contributed by atoms with Gasteiger partial charge < -0.3 is 14.4 Å². The fraction of sp³-hybridized carbons (Fsp3) is 0.333. The highest BCUT2D eigenvalue weighted by Crippen LogP contribution is 2.26. The summed E-state index contributed by atoms with van der Waals surface area (Å²) in [5, 5.41) is 9.54. The largest absolute Gasteiger partial charge is 0.493 e. The molecule has 2 aromatic rings. The second-order valence-electron chi connectivity index (χ2n) is 6.44. The number of amides is 1. The monoisotopic (exact) mass is 383 g/mol. The van der Waals surface area contributed by atoms with Gasteiger partial charge in [0.05, 0.1) is 13.2 Å². The Hall–Kier alpha value is -3.11. The summed E-state index contributed by atoms with van der Waals surface area (Å²) < 4.78 is 23.9. The predicted molar refractivity (Wildman–Crippen MR) is 101 cm³/mol. The van der Waals surface area contributed by atoms with Crippen molar-refractivity contribution in [3.8, 4) is 17.6 Å². The number of hydrogen-bond donors (Lipinski definition) is 0. The Morgan fingerprint density at radius 1 is 1.11 bits per heavy atom. The van der Waals surface area contributed by atoms with Gasteiger partial charge in [-0.05, 0) is 29.8 Å². The van der Waals surface area contributed by atoms with Crippen LogP contribution in [0.2, 0.25) is 0 Å². The number of nitriles is 1. The molecule has 6 nitrogen and oxygen atoms in total. The van der Waals surface area contributed by atoms with Crippen molar-refractivity contribution in [2.45, 2.75) is 6.04 Å². The average Bonchev–Trinajstić information content (AvgIpc) is 2.74. The van der Waals surface area contributed by atoms with Crippen LogP contribution in [-0.2, 0) is 4.79 Å². The molecule has 1 saturated heterocycles. The first kappa shape index (κ1) is 19.6. The first-order valence-electron chi connectivity index (χ1n) is 9.05. The minimum absolute atomic E-state index is 0.0694. The van der Waals surface area contributed by atoms with Crippen molar-refractivity contribution in [2.24, 2.45) is 0 Å². The first-order valence-corrected chi connectivity index (χ1v) is 9.05. The van der Waals surface area contributed by atoms with E-state index in [0.29, 0.717) is 37.7 Å². The standard InChI is InChI=1S/C21H22FN3O3/c1-27-19-4-2-3-5-20(19)28-15-21(26)25-12-10-24(11-13-25)18(14-23)16-6-8-17(22)9-7-16/h2-9,18H,10-13,15H2,1H3. The van der Waals surface area contributed by atoms with Crippen LogP contribution in [-0.4, -0.2) is 55.6 Å². The van der Waals surface area contributed by atoms with E-state index in [-0.39, 0.29) is 18.3 Å². The molecule has 0 spiro atoms. The molecule has 0 bridgehead atoms. The summed E-state index contributed by atoms with van der Waals surface area (Å²) in [5.41, 5.74) is 0.753. The van der Waals surface area contributed by atoms with Crippen LogP contribution in [0.15, 0.2) is 48.5 Å². The molecule has 3 rings (SSSR count). The zero-order valence-electron chi connectivity index (χ0n) is 15.7. The summed E-state index contributed by atoms with van der Waals surface area (Å²) in [4.78, 5) is 16.2. The van der Waals surface area contributed by atoms with Crippen molar-refractivity contribution in [1.29, 1.82) is 5.26 Å². The van der Waals surface area contributed by atoms with E-state index in [1.807, 2.05) is 17.0 Å². The molecule has 1 fully saturated rings. The molecule has 2 aromatic carbocycles. The molecule has 1 amide bonds. The highest BCUT2D eigenvalue weighted by atomic mass is 19.1. The molecule has 0 saturated carbocycles. The second-order valence-corrected chi connectivity index (χ2v) is 6.44. The van der Waals surface area contributed by atoms with Gasteiger partial charge in [0, 0.05) is 26.2 Å². The lowest BCUT2D eigenvalue weighted by Gasteiger charge is -2.37. The fourth-order valence-electron chi connectivity index (χ4n) is 3.21. The molecule has 0 aliphatic carbocycles. The van der Waals surface area contributed by atoms with Crippen molar-refractivity contribution in [3.05, 3.63) is 59.9 Å². The number of halogens is 1. The summed E-state index contributed by atoms with van der Waals surface area (Å²) in [5.74, 6) is 0.667. The van der Waals surface area contributed by atoms with Gasteiger partial charge in [0.1, 0.15) is 11.9 Å². The Morgan fingerprint density at radius 3 is 2.36 bits per heavy atom. The number of carbonyl (C=O) groups excluding carboxylic acids is 1. The molecule has 28 heavy (non-hydrogen) atoms. The van der Waals surface area contributed by atoms with E-state index in [2.05, 4.69) is 6.07 Å². The van der Waals surface area contributed by atoms with Crippen molar-refractivity contribution < 1.29 is 18.7 Å². The van der Waals surface area contributed by atoms with E-state index in [1.54, 1.807) is 36.3 Å². The van der Waals surface area contributed by atoms with Crippen LogP contribution in [0.3, 0.4) is 0 Å². The predicted octanol–water partition coefficient (Wildman–Crippen LogP) is 2.62. The maximum absolute atomic E-state index is 13.1. The highest BCUT2D eigenvalue weighted by Gasteiger charge is 2.27. The Morgan fingerprint density at radius 2 is 1.75 bits per heavy atom. The number of carbonyl (C=O) groups is 1. The van der Waals surface area contributed by atoms with E-state index in [4.69, 9.17) is 9.47 Å². The fourth-order valence-corrected chi connectivity index (χ4v) is 3.21. The van der Waals surface area contributed by atoms with Crippen LogP contribution >= 0.6 is 0 Å². The first-order chi connectivity index (χ1) is 13.6. The quantitative estimate of drug-likeness (QED) is 0.767. The molecule has 1 atom stereocenters. The highest BCUT2D eigenvalue weighted by molar-refractivity contribution is 5.78. The Kier molecular flexibility index (Phi) is 6.45. The van der Waals surface area contributed by atoms with E-state index in [0.717, 1.165) is 5.56 Å². The number of methoxy groups -OCH3 is 1. The number of rotatable bonds is 6. The molecule has 1 heterocycles. The minimum Gasteiger partial charge on any atom is -0.493 e. The molecule has 1 aliphatic rings. The number of hydrogen-bond acceptors (Lipinski definition) is 5. The van der Waals surface area contributed by atoms with E-state index in [1.165, 1.54) is 12.1 Å². The number of benzene rings is 2. The number of para-hydroxylation sites is 2. The second kappa shape index (κ2) is 9.20. The van der Waals surface area contributed by atoms with Crippen molar-refractivity contribution in [2.75, 3.05) is 39.9 Å². The lowest BCUT2D eigenvalue weighted by atomic mass is 10.1. The Labute approximate surface area is 163 Å². The molecule has 1 unspecified atom stereocenters. The Bertz CT molecular complexity index is 843. The van der Waals surface area contributed by atoms with Gasteiger partial charge in [-0.15, -0.1) is 0 Å². The normalized spacial score (nSPS) is 15.5. The number of piperazine rings is 1.